The van der Waals surface area contributed by atoms with Crippen molar-refractivity contribution < 1.29 is 0 Å². The highest BCUT2D eigenvalue weighted by atomic mass is 15.3. The second-order valence-electron chi connectivity index (χ2n) is 3.24. The van der Waals surface area contributed by atoms with Gasteiger partial charge in [-0.05, 0) is 12.1 Å². The Morgan fingerprint density at radius 3 is 1.79 bits per heavy atom. The van der Waals surface area contributed by atoms with Gasteiger partial charge in [-0.1, -0.05) is 0 Å². The quantitative estimate of drug-likeness (QED) is 0.737. The maximum absolute atomic E-state index is 6.09. The zero-order valence-electron chi connectivity index (χ0n) is 8.25. The molecule has 0 bridgehead atoms. The molecule has 0 aromatic carbocycles. The zero-order chi connectivity index (χ0) is 10.1. The van der Waals surface area contributed by atoms with Crippen molar-refractivity contribution >= 4 is 0 Å². The third kappa shape index (κ3) is 1.31. The highest BCUT2D eigenvalue weighted by molar-refractivity contribution is 5.20. The molecule has 0 atom stereocenters. The van der Waals surface area contributed by atoms with E-state index in [0.29, 0.717) is 0 Å². The van der Waals surface area contributed by atoms with Crippen LogP contribution in [0.25, 0.3) is 0 Å². The molecule has 0 spiro atoms. The first-order chi connectivity index (χ1) is 6.70. The molecule has 0 aliphatic rings. The Balaban J connectivity index is 2.38. The molecule has 0 amide bonds. The Bertz CT molecular complexity index is 388. The minimum atomic E-state index is -0.171. The highest BCUT2D eigenvalue weighted by Gasteiger charge is 2.14. The first-order valence-corrected chi connectivity index (χ1v) is 4.41. The lowest BCUT2D eigenvalue weighted by Gasteiger charge is -2.11. The second-order valence-corrected chi connectivity index (χ2v) is 3.24. The lowest BCUT2D eigenvalue weighted by atomic mass is 10.1. The van der Waals surface area contributed by atoms with E-state index in [0.717, 1.165) is 11.4 Å². The molecule has 74 valence electrons. The number of aromatic nitrogens is 4. The number of hydrogen-bond acceptors (Lipinski definition) is 3. The van der Waals surface area contributed by atoms with E-state index in [1.165, 1.54) is 0 Å². The summed E-state index contributed by atoms with van der Waals surface area (Å²) < 4.78 is 3.55. The fourth-order valence-electron chi connectivity index (χ4n) is 1.53. The van der Waals surface area contributed by atoms with E-state index in [1.54, 1.807) is 21.8 Å². The topological polar surface area (TPSA) is 61.7 Å². The first-order valence-electron chi connectivity index (χ1n) is 4.41. The molecular formula is C9H13N5. The van der Waals surface area contributed by atoms with Gasteiger partial charge in [0.05, 0.1) is 17.4 Å². The van der Waals surface area contributed by atoms with Gasteiger partial charge in [0.2, 0.25) is 0 Å². The average molecular weight is 191 g/mol. The molecule has 14 heavy (non-hydrogen) atoms. The Morgan fingerprint density at radius 2 is 1.50 bits per heavy atom. The average Bonchev–Trinajstić information content (AvgIpc) is 2.73. The third-order valence-corrected chi connectivity index (χ3v) is 2.35. The number of aryl methyl sites for hydroxylation is 2. The summed E-state index contributed by atoms with van der Waals surface area (Å²) in [4.78, 5) is 0. The van der Waals surface area contributed by atoms with Gasteiger partial charge in [-0.15, -0.1) is 0 Å². The summed E-state index contributed by atoms with van der Waals surface area (Å²) >= 11 is 0. The fourth-order valence-corrected chi connectivity index (χ4v) is 1.53. The molecule has 2 heterocycles. The number of rotatable bonds is 2. The maximum atomic E-state index is 6.09. The first kappa shape index (κ1) is 8.96. The predicted octanol–water partition coefficient (Wildman–Crippen LogP) is 0.202. The van der Waals surface area contributed by atoms with Gasteiger partial charge in [-0.25, -0.2) is 0 Å². The summed E-state index contributed by atoms with van der Waals surface area (Å²) in [5, 5.41) is 8.17. The van der Waals surface area contributed by atoms with Crippen LogP contribution in [0, 0.1) is 0 Å². The van der Waals surface area contributed by atoms with E-state index in [4.69, 9.17) is 5.73 Å². The van der Waals surface area contributed by atoms with Crippen molar-refractivity contribution in [2.24, 2.45) is 19.8 Å². The molecule has 0 saturated carbocycles. The molecule has 0 saturated heterocycles. The zero-order valence-corrected chi connectivity index (χ0v) is 8.25. The van der Waals surface area contributed by atoms with Crippen LogP contribution in [0.4, 0.5) is 0 Å². The van der Waals surface area contributed by atoms with Crippen LogP contribution >= 0.6 is 0 Å². The summed E-state index contributed by atoms with van der Waals surface area (Å²) in [7, 11) is 3.76. The molecule has 5 heteroatoms. The summed E-state index contributed by atoms with van der Waals surface area (Å²) in [6.07, 6.45) is 3.48. The van der Waals surface area contributed by atoms with Gasteiger partial charge in [-0.3, -0.25) is 9.36 Å². The van der Waals surface area contributed by atoms with Crippen LogP contribution in [0.15, 0.2) is 24.5 Å². The number of hydrogen-bond donors (Lipinski definition) is 1. The van der Waals surface area contributed by atoms with Crippen molar-refractivity contribution in [3.63, 3.8) is 0 Å². The largest absolute Gasteiger partial charge is 0.318 e. The van der Waals surface area contributed by atoms with Crippen molar-refractivity contribution in [1.29, 1.82) is 0 Å². The predicted molar refractivity (Wildman–Crippen MR) is 52.4 cm³/mol. The Labute approximate surface area is 82.1 Å². The van der Waals surface area contributed by atoms with E-state index in [1.807, 2.05) is 26.2 Å². The van der Waals surface area contributed by atoms with Crippen LogP contribution in [0.2, 0.25) is 0 Å². The minimum Gasteiger partial charge on any atom is -0.318 e. The van der Waals surface area contributed by atoms with E-state index in [-0.39, 0.29) is 6.04 Å². The van der Waals surface area contributed by atoms with Gasteiger partial charge >= 0.3 is 0 Å². The summed E-state index contributed by atoms with van der Waals surface area (Å²) in [6.45, 7) is 0. The van der Waals surface area contributed by atoms with Crippen molar-refractivity contribution in [1.82, 2.24) is 19.6 Å². The minimum absolute atomic E-state index is 0.171. The van der Waals surface area contributed by atoms with Crippen molar-refractivity contribution in [2.75, 3.05) is 0 Å². The number of nitrogens with zero attached hydrogens (tertiary/aromatic N) is 4. The molecule has 0 fully saturated rings. The Kier molecular flexibility index (Phi) is 2.09. The second kappa shape index (κ2) is 3.26. The van der Waals surface area contributed by atoms with Crippen LogP contribution in [-0.4, -0.2) is 19.6 Å². The highest BCUT2D eigenvalue weighted by Crippen LogP contribution is 2.17. The van der Waals surface area contributed by atoms with Crippen LogP contribution < -0.4 is 5.73 Å². The smallest absolute Gasteiger partial charge is 0.0893 e. The van der Waals surface area contributed by atoms with Crippen molar-refractivity contribution in [3.05, 3.63) is 35.9 Å². The van der Waals surface area contributed by atoms with Crippen LogP contribution in [0.1, 0.15) is 17.4 Å². The van der Waals surface area contributed by atoms with Crippen molar-refractivity contribution in [2.45, 2.75) is 6.04 Å². The molecule has 2 aromatic rings. The standard InChI is InChI=1S/C9H13N5/c1-13-7(3-5-11-13)9(10)8-4-6-12-14(8)2/h3-6,9H,10H2,1-2H3. The van der Waals surface area contributed by atoms with Gasteiger partial charge in [-0.2, -0.15) is 10.2 Å². The SMILES string of the molecule is Cn1nccc1C(N)c1ccnn1C. The summed E-state index contributed by atoms with van der Waals surface area (Å²) in [5.74, 6) is 0. The molecule has 0 unspecified atom stereocenters. The molecule has 0 radical (unpaired) electrons. The number of nitrogens with two attached hydrogens (primary N) is 1. The summed E-state index contributed by atoms with van der Waals surface area (Å²) in [6, 6.07) is 3.66. The van der Waals surface area contributed by atoms with Crippen LogP contribution in [-0.2, 0) is 14.1 Å². The Hall–Kier alpha value is -1.62. The van der Waals surface area contributed by atoms with Gasteiger partial charge in [0, 0.05) is 26.5 Å². The molecule has 0 aliphatic carbocycles. The molecule has 2 rings (SSSR count). The molecule has 5 nitrogen and oxygen atoms in total. The van der Waals surface area contributed by atoms with Crippen LogP contribution in [0.5, 0.6) is 0 Å². The molecule has 2 aromatic heterocycles. The summed E-state index contributed by atoms with van der Waals surface area (Å²) in [5.41, 5.74) is 8.05. The lowest BCUT2D eigenvalue weighted by Crippen LogP contribution is -2.18. The maximum Gasteiger partial charge on any atom is 0.0893 e. The van der Waals surface area contributed by atoms with Gasteiger partial charge < -0.3 is 5.73 Å². The molecule has 2 N–H and O–H groups in total. The lowest BCUT2D eigenvalue weighted by molar-refractivity contribution is 0.621. The van der Waals surface area contributed by atoms with E-state index < -0.39 is 0 Å². The van der Waals surface area contributed by atoms with Gasteiger partial charge in [0.15, 0.2) is 0 Å². The fraction of sp³-hybridized carbons (Fsp3) is 0.333. The van der Waals surface area contributed by atoms with Crippen LogP contribution in [0.3, 0.4) is 0 Å². The van der Waals surface area contributed by atoms with E-state index in [9.17, 15) is 0 Å². The Morgan fingerprint density at radius 1 is 1.07 bits per heavy atom. The molecule has 0 aliphatic heterocycles. The van der Waals surface area contributed by atoms with E-state index in [2.05, 4.69) is 10.2 Å². The normalized spacial score (nSPS) is 11.1. The molecular weight excluding hydrogens is 178 g/mol. The van der Waals surface area contributed by atoms with Gasteiger partial charge in [0.1, 0.15) is 0 Å². The van der Waals surface area contributed by atoms with Crippen molar-refractivity contribution in [3.8, 4) is 0 Å². The van der Waals surface area contributed by atoms with E-state index >= 15 is 0 Å². The third-order valence-electron chi connectivity index (χ3n) is 2.35. The van der Waals surface area contributed by atoms with Gasteiger partial charge in [0.25, 0.3) is 0 Å². The monoisotopic (exact) mass is 191 g/mol.